The highest BCUT2D eigenvalue weighted by molar-refractivity contribution is 7.80. The fourth-order valence-corrected chi connectivity index (χ4v) is 2.13. The van der Waals surface area contributed by atoms with E-state index in [2.05, 4.69) is 24.5 Å². The molecule has 0 aromatic carbocycles. The van der Waals surface area contributed by atoms with E-state index in [1.165, 1.54) is 6.42 Å². The summed E-state index contributed by atoms with van der Waals surface area (Å²) in [5.41, 5.74) is 0. The van der Waals surface area contributed by atoms with Crippen LogP contribution < -0.4 is 10.6 Å². The van der Waals surface area contributed by atoms with Crippen LogP contribution in [0, 0.1) is 5.92 Å². The quantitative estimate of drug-likeness (QED) is 0.744. The van der Waals surface area contributed by atoms with Gasteiger partial charge < -0.3 is 15.5 Å². The smallest absolute Gasteiger partial charge is 0.224 e. The predicted molar refractivity (Wildman–Crippen MR) is 78.5 cm³/mol. The summed E-state index contributed by atoms with van der Waals surface area (Å²) in [6.45, 7) is 7.61. The summed E-state index contributed by atoms with van der Waals surface area (Å²) >= 11 is 5.13. The van der Waals surface area contributed by atoms with Crippen LogP contribution >= 0.6 is 12.2 Å². The zero-order valence-corrected chi connectivity index (χ0v) is 12.3. The normalized spacial score (nSPS) is 15.6. The Balaban J connectivity index is 2.09. The minimum Gasteiger partial charge on any atom is -0.362 e. The first-order chi connectivity index (χ1) is 8.59. The molecule has 0 radical (unpaired) electrons. The summed E-state index contributed by atoms with van der Waals surface area (Å²) in [6, 6.07) is 0. The van der Waals surface area contributed by atoms with Gasteiger partial charge in [-0.3, -0.25) is 4.79 Å². The minimum atomic E-state index is 0.244. The first-order valence-electron chi connectivity index (χ1n) is 6.89. The number of piperidine rings is 1. The van der Waals surface area contributed by atoms with E-state index in [0.717, 1.165) is 32.5 Å². The Hall–Kier alpha value is -0.840. The Morgan fingerprint density at radius 1 is 1.22 bits per heavy atom. The summed E-state index contributed by atoms with van der Waals surface area (Å²) in [5.74, 6) is 0.814. The summed E-state index contributed by atoms with van der Waals surface area (Å²) < 4.78 is 0. The van der Waals surface area contributed by atoms with E-state index in [4.69, 9.17) is 12.2 Å². The molecule has 18 heavy (non-hydrogen) atoms. The van der Waals surface area contributed by atoms with E-state index >= 15 is 0 Å². The molecular formula is C13H25N3OS. The first kappa shape index (κ1) is 15.2. The average molecular weight is 271 g/mol. The first-order valence-corrected chi connectivity index (χ1v) is 7.30. The molecule has 4 nitrogen and oxygen atoms in total. The molecule has 0 aromatic heterocycles. The monoisotopic (exact) mass is 271 g/mol. The van der Waals surface area contributed by atoms with Gasteiger partial charge in [0.05, 0.1) is 0 Å². The van der Waals surface area contributed by atoms with Gasteiger partial charge in [0.15, 0.2) is 5.11 Å². The molecule has 5 heteroatoms. The number of rotatable bonds is 5. The largest absolute Gasteiger partial charge is 0.362 e. The third-order valence-corrected chi connectivity index (χ3v) is 3.29. The van der Waals surface area contributed by atoms with E-state index in [1.807, 2.05) is 4.90 Å². The third-order valence-electron chi connectivity index (χ3n) is 3.00. The van der Waals surface area contributed by atoms with E-state index in [9.17, 15) is 4.79 Å². The molecule has 0 spiro atoms. The van der Waals surface area contributed by atoms with Crippen molar-refractivity contribution in [2.24, 2.45) is 5.92 Å². The number of nitrogens with one attached hydrogen (secondary N) is 2. The van der Waals surface area contributed by atoms with Crippen molar-refractivity contribution in [3.63, 3.8) is 0 Å². The van der Waals surface area contributed by atoms with Crippen molar-refractivity contribution in [2.45, 2.75) is 39.5 Å². The maximum absolute atomic E-state index is 11.9. The summed E-state index contributed by atoms with van der Waals surface area (Å²) in [5, 5.41) is 6.86. The van der Waals surface area contributed by atoms with Crippen LogP contribution in [0.3, 0.4) is 0 Å². The zero-order valence-electron chi connectivity index (χ0n) is 11.5. The van der Waals surface area contributed by atoms with Crippen LogP contribution in [0.1, 0.15) is 39.5 Å². The lowest BCUT2D eigenvalue weighted by Crippen LogP contribution is -2.41. The van der Waals surface area contributed by atoms with Gasteiger partial charge in [0.25, 0.3) is 0 Å². The topological polar surface area (TPSA) is 44.4 Å². The summed E-state index contributed by atoms with van der Waals surface area (Å²) in [4.78, 5) is 13.8. The van der Waals surface area contributed by atoms with Crippen molar-refractivity contribution < 1.29 is 4.79 Å². The highest BCUT2D eigenvalue weighted by Crippen LogP contribution is 2.09. The standard InChI is InChI=1S/C13H25N3OS/c1-11(2)10-15-13(18)14-7-6-12(17)16-8-4-3-5-9-16/h11H,3-10H2,1-2H3,(H2,14,15,18). The molecule has 1 rings (SSSR count). The van der Waals surface area contributed by atoms with Crippen LogP contribution in [0.5, 0.6) is 0 Å². The molecular weight excluding hydrogens is 246 g/mol. The highest BCUT2D eigenvalue weighted by atomic mass is 32.1. The highest BCUT2D eigenvalue weighted by Gasteiger charge is 2.15. The Morgan fingerprint density at radius 2 is 1.89 bits per heavy atom. The second-order valence-corrected chi connectivity index (χ2v) is 5.63. The molecule has 0 aliphatic carbocycles. The fourth-order valence-electron chi connectivity index (χ4n) is 1.94. The molecule has 104 valence electrons. The Labute approximate surface area is 115 Å². The average Bonchev–Trinajstić information content (AvgIpc) is 2.37. The van der Waals surface area contributed by atoms with Gasteiger partial charge in [-0.05, 0) is 37.4 Å². The van der Waals surface area contributed by atoms with Crippen LogP contribution in [-0.2, 0) is 4.79 Å². The number of thiocarbonyl (C=S) groups is 1. The lowest BCUT2D eigenvalue weighted by molar-refractivity contribution is -0.131. The number of amides is 1. The molecule has 1 aliphatic heterocycles. The molecule has 1 saturated heterocycles. The van der Waals surface area contributed by atoms with Gasteiger partial charge in [0, 0.05) is 32.6 Å². The molecule has 1 amide bonds. The summed E-state index contributed by atoms with van der Waals surface area (Å²) in [6.07, 6.45) is 4.08. The molecule has 2 N–H and O–H groups in total. The maximum atomic E-state index is 11.9. The number of nitrogens with zero attached hydrogens (tertiary/aromatic N) is 1. The van der Waals surface area contributed by atoms with Crippen LogP contribution in [0.4, 0.5) is 0 Å². The molecule has 0 aromatic rings. The van der Waals surface area contributed by atoms with Crippen molar-refractivity contribution in [1.29, 1.82) is 0 Å². The second-order valence-electron chi connectivity index (χ2n) is 5.22. The third kappa shape index (κ3) is 6.19. The number of hydrogen-bond donors (Lipinski definition) is 2. The number of carbonyl (C=O) groups is 1. The second kappa shape index (κ2) is 8.29. The lowest BCUT2D eigenvalue weighted by Gasteiger charge is -2.26. The fraction of sp³-hybridized carbons (Fsp3) is 0.846. The molecule has 0 unspecified atom stereocenters. The van der Waals surface area contributed by atoms with Gasteiger partial charge in [-0.15, -0.1) is 0 Å². The number of hydrogen-bond acceptors (Lipinski definition) is 2. The van der Waals surface area contributed by atoms with Crippen molar-refractivity contribution in [2.75, 3.05) is 26.2 Å². The van der Waals surface area contributed by atoms with Crippen molar-refractivity contribution in [1.82, 2.24) is 15.5 Å². The lowest BCUT2D eigenvalue weighted by atomic mass is 10.1. The maximum Gasteiger partial charge on any atom is 0.224 e. The summed E-state index contributed by atoms with van der Waals surface area (Å²) in [7, 11) is 0. The molecule has 0 bridgehead atoms. The van der Waals surface area contributed by atoms with E-state index in [1.54, 1.807) is 0 Å². The Kier molecular flexibility index (Phi) is 7.01. The van der Waals surface area contributed by atoms with Gasteiger partial charge in [-0.2, -0.15) is 0 Å². The van der Waals surface area contributed by atoms with Crippen molar-refractivity contribution in [3.05, 3.63) is 0 Å². The van der Waals surface area contributed by atoms with E-state index < -0.39 is 0 Å². The number of likely N-dealkylation sites (tertiary alicyclic amines) is 1. The molecule has 0 atom stereocenters. The van der Waals surface area contributed by atoms with Gasteiger partial charge in [-0.25, -0.2) is 0 Å². The van der Waals surface area contributed by atoms with Gasteiger partial charge in [0.1, 0.15) is 0 Å². The SMILES string of the molecule is CC(C)CNC(=S)NCCC(=O)N1CCCCC1. The van der Waals surface area contributed by atoms with Gasteiger partial charge >= 0.3 is 0 Å². The van der Waals surface area contributed by atoms with Crippen molar-refractivity contribution >= 4 is 23.2 Å². The predicted octanol–water partition coefficient (Wildman–Crippen LogP) is 1.51. The Morgan fingerprint density at radius 3 is 2.50 bits per heavy atom. The Bertz CT molecular complexity index is 275. The minimum absolute atomic E-state index is 0.244. The van der Waals surface area contributed by atoms with E-state index in [-0.39, 0.29) is 5.91 Å². The molecule has 0 saturated carbocycles. The molecule has 1 fully saturated rings. The van der Waals surface area contributed by atoms with Gasteiger partial charge in [0.2, 0.25) is 5.91 Å². The zero-order chi connectivity index (χ0) is 13.4. The molecule has 1 aliphatic rings. The number of carbonyl (C=O) groups excluding carboxylic acids is 1. The van der Waals surface area contributed by atoms with Crippen LogP contribution in [0.15, 0.2) is 0 Å². The van der Waals surface area contributed by atoms with Gasteiger partial charge in [-0.1, -0.05) is 13.8 Å². The molecule has 1 heterocycles. The van der Waals surface area contributed by atoms with Crippen molar-refractivity contribution in [3.8, 4) is 0 Å². The van der Waals surface area contributed by atoms with Crippen LogP contribution in [0.2, 0.25) is 0 Å². The van der Waals surface area contributed by atoms with Crippen LogP contribution in [-0.4, -0.2) is 42.1 Å². The van der Waals surface area contributed by atoms with E-state index in [0.29, 0.717) is 24.0 Å². The van der Waals surface area contributed by atoms with Crippen LogP contribution in [0.25, 0.3) is 0 Å².